The summed E-state index contributed by atoms with van der Waals surface area (Å²) in [6.07, 6.45) is 5.90. The molecule has 3 rings (SSSR count). The van der Waals surface area contributed by atoms with Crippen LogP contribution >= 0.6 is 0 Å². The van der Waals surface area contributed by atoms with Crippen LogP contribution in [0.3, 0.4) is 0 Å². The lowest BCUT2D eigenvalue weighted by Crippen LogP contribution is -2.00. The largest absolute Gasteiger partial charge is 0.497 e. The third-order valence-corrected chi connectivity index (χ3v) is 3.67. The van der Waals surface area contributed by atoms with Gasteiger partial charge in [0.1, 0.15) is 17.0 Å². The van der Waals surface area contributed by atoms with Crippen LogP contribution in [0.5, 0.6) is 11.5 Å². The number of methoxy groups -OCH3 is 2. The molecule has 0 unspecified atom stereocenters. The summed E-state index contributed by atoms with van der Waals surface area (Å²) in [5, 5.41) is 1.04. The standard InChI is InChI=1S/C20H19NO3/c1-22-14-24-19-12-9-16(18-4-3-13-21-20(18)19)8-5-15-6-10-17(23-2)11-7-15/h3-13H,14H2,1-2H3/b8-5+. The fourth-order valence-corrected chi connectivity index (χ4v) is 2.45. The molecule has 0 aliphatic carbocycles. The molecule has 0 saturated heterocycles. The Balaban J connectivity index is 1.93. The molecule has 3 aromatic rings. The van der Waals surface area contributed by atoms with Crippen molar-refractivity contribution in [3.63, 3.8) is 0 Å². The van der Waals surface area contributed by atoms with Gasteiger partial charge in [-0.15, -0.1) is 0 Å². The first-order valence-electron chi connectivity index (χ1n) is 7.63. The fourth-order valence-electron chi connectivity index (χ4n) is 2.45. The maximum absolute atomic E-state index is 5.59. The first-order chi connectivity index (χ1) is 11.8. The Bertz CT molecular complexity index is 841. The molecule has 24 heavy (non-hydrogen) atoms. The zero-order chi connectivity index (χ0) is 16.8. The van der Waals surface area contributed by atoms with Crippen LogP contribution in [0.1, 0.15) is 11.1 Å². The Morgan fingerprint density at radius 2 is 1.79 bits per heavy atom. The molecule has 4 nitrogen and oxygen atoms in total. The molecule has 0 spiro atoms. The first-order valence-corrected chi connectivity index (χ1v) is 7.63. The minimum atomic E-state index is 0.201. The van der Waals surface area contributed by atoms with E-state index in [1.807, 2.05) is 48.5 Å². The molecule has 0 saturated carbocycles. The van der Waals surface area contributed by atoms with E-state index in [1.165, 1.54) is 0 Å². The van der Waals surface area contributed by atoms with Crippen molar-refractivity contribution in [2.75, 3.05) is 21.0 Å². The van der Waals surface area contributed by atoms with E-state index in [0.717, 1.165) is 27.8 Å². The molecule has 0 aliphatic rings. The van der Waals surface area contributed by atoms with Gasteiger partial charge in [-0.1, -0.05) is 36.4 Å². The molecule has 0 fully saturated rings. The minimum absolute atomic E-state index is 0.201. The number of pyridine rings is 1. The van der Waals surface area contributed by atoms with Crippen molar-refractivity contribution in [2.24, 2.45) is 0 Å². The molecule has 0 radical (unpaired) electrons. The normalized spacial score (nSPS) is 11.1. The van der Waals surface area contributed by atoms with Gasteiger partial charge < -0.3 is 14.2 Å². The molecular formula is C20H19NO3. The van der Waals surface area contributed by atoms with Gasteiger partial charge in [0.25, 0.3) is 0 Å². The van der Waals surface area contributed by atoms with Crippen molar-refractivity contribution < 1.29 is 14.2 Å². The quantitative estimate of drug-likeness (QED) is 0.498. The summed E-state index contributed by atoms with van der Waals surface area (Å²) in [5.41, 5.74) is 3.01. The van der Waals surface area contributed by atoms with Crippen LogP contribution in [-0.2, 0) is 4.74 Å². The third-order valence-electron chi connectivity index (χ3n) is 3.67. The molecule has 1 aromatic heterocycles. The van der Waals surface area contributed by atoms with Gasteiger partial charge >= 0.3 is 0 Å². The lowest BCUT2D eigenvalue weighted by molar-refractivity contribution is 0.0521. The molecular weight excluding hydrogens is 302 g/mol. The summed E-state index contributed by atoms with van der Waals surface area (Å²) in [7, 11) is 3.26. The first kappa shape index (κ1) is 16.0. The van der Waals surface area contributed by atoms with Crippen molar-refractivity contribution in [2.45, 2.75) is 0 Å². The topological polar surface area (TPSA) is 40.6 Å². The smallest absolute Gasteiger partial charge is 0.188 e. The average molecular weight is 321 g/mol. The zero-order valence-electron chi connectivity index (χ0n) is 13.7. The van der Waals surface area contributed by atoms with Crippen LogP contribution in [-0.4, -0.2) is 26.0 Å². The SMILES string of the molecule is COCOc1ccc(/C=C/c2ccc(OC)cc2)c2cccnc12. The van der Waals surface area contributed by atoms with Gasteiger partial charge in [0.05, 0.1) is 7.11 Å². The van der Waals surface area contributed by atoms with Gasteiger partial charge in [-0.2, -0.15) is 0 Å². The summed E-state index contributed by atoms with van der Waals surface area (Å²) >= 11 is 0. The predicted octanol–water partition coefficient (Wildman–Crippen LogP) is 4.40. The van der Waals surface area contributed by atoms with Crippen molar-refractivity contribution in [1.82, 2.24) is 4.98 Å². The van der Waals surface area contributed by atoms with Gasteiger partial charge in [-0.25, -0.2) is 0 Å². The summed E-state index contributed by atoms with van der Waals surface area (Å²) in [4.78, 5) is 4.44. The van der Waals surface area contributed by atoms with E-state index in [0.29, 0.717) is 5.75 Å². The molecule has 4 heteroatoms. The lowest BCUT2D eigenvalue weighted by Gasteiger charge is -2.09. The maximum Gasteiger partial charge on any atom is 0.188 e. The molecule has 122 valence electrons. The lowest BCUT2D eigenvalue weighted by atomic mass is 10.1. The molecule has 0 bridgehead atoms. The van der Waals surface area contributed by atoms with E-state index in [2.05, 4.69) is 17.1 Å². The van der Waals surface area contributed by atoms with Crippen LogP contribution < -0.4 is 9.47 Å². The van der Waals surface area contributed by atoms with E-state index in [1.54, 1.807) is 20.4 Å². The van der Waals surface area contributed by atoms with Crippen LogP contribution in [0.25, 0.3) is 23.1 Å². The Hall–Kier alpha value is -2.85. The number of hydrogen-bond donors (Lipinski definition) is 0. The predicted molar refractivity (Wildman–Crippen MR) is 96.2 cm³/mol. The average Bonchev–Trinajstić information content (AvgIpc) is 2.65. The Labute approximate surface area is 141 Å². The highest BCUT2D eigenvalue weighted by molar-refractivity contribution is 5.94. The second-order valence-corrected chi connectivity index (χ2v) is 5.21. The second-order valence-electron chi connectivity index (χ2n) is 5.21. The summed E-state index contributed by atoms with van der Waals surface area (Å²) in [6, 6.07) is 15.8. The van der Waals surface area contributed by atoms with E-state index >= 15 is 0 Å². The molecule has 2 aromatic carbocycles. The maximum atomic E-state index is 5.59. The van der Waals surface area contributed by atoms with E-state index < -0.39 is 0 Å². The second kappa shape index (κ2) is 7.62. The molecule has 0 N–H and O–H groups in total. The van der Waals surface area contributed by atoms with Crippen molar-refractivity contribution in [3.8, 4) is 11.5 Å². The Morgan fingerprint density at radius 1 is 0.958 bits per heavy atom. The molecule has 0 atom stereocenters. The number of benzene rings is 2. The summed E-state index contributed by atoms with van der Waals surface area (Å²) in [5.74, 6) is 1.57. The number of hydrogen-bond acceptors (Lipinski definition) is 4. The highest BCUT2D eigenvalue weighted by Gasteiger charge is 2.06. The number of nitrogens with zero attached hydrogens (tertiary/aromatic N) is 1. The molecule has 0 amide bonds. The van der Waals surface area contributed by atoms with Gasteiger partial charge in [0.15, 0.2) is 6.79 Å². The summed E-state index contributed by atoms with van der Waals surface area (Å²) in [6.45, 7) is 0.201. The van der Waals surface area contributed by atoms with E-state index in [9.17, 15) is 0 Å². The van der Waals surface area contributed by atoms with Crippen LogP contribution in [0.15, 0.2) is 54.7 Å². The van der Waals surface area contributed by atoms with Crippen molar-refractivity contribution in [3.05, 3.63) is 65.9 Å². The summed E-state index contributed by atoms with van der Waals surface area (Å²) < 4.78 is 15.7. The Kier molecular flexibility index (Phi) is 5.08. The highest BCUT2D eigenvalue weighted by atomic mass is 16.7. The molecule has 0 aliphatic heterocycles. The zero-order valence-corrected chi connectivity index (χ0v) is 13.7. The number of ether oxygens (including phenoxy) is 3. The number of rotatable bonds is 6. The third kappa shape index (κ3) is 3.55. The molecule has 1 heterocycles. The highest BCUT2D eigenvalue weighted by Crippen LogP contribution is 2.28. The Morgan fingerprint density at radius 3 is 2.54 bits per heavy atom. The van der Waals surface area contributed by atoms with Crippen LogP contribution in [0, 0.1) is 0 Å². The van der Waals surface area contributed by atoms with Crippen LogP contribution in [0.4, 0.5) is 0 Å². The number of fused-ring (bicyclic) bond motifs is 1. The minimum Gasteiger partial charge on any atom is -0.497 e. The van der Waals surface area contributed by atoms with Gasteiger partial charge in [-0.05, 0) is 35.4 Å². The monoisotopic (exact) mass is 321 g/mol. The van der Waals surface area contributed by atoms with Gasteiger partial charge in [0.2, 0.25) is 0 Å². The van der Waals surface area contributed by atoms with Gasteiger partial charge in [0, 0.05) is 18.7 Å². The van der Waals surface area contributed by atoms with E-state index in [-0.39, 0.29) is 6.79 Å². The fraction of sp³-hybridized carbons (Fsp3) is 0.150. The van der Waals surface area contributed by atoms with Crippen molar-refractivity contribution in [1.29, 1.82) is 0 Å². The van der Waals surface area contributed by atoms with E-state index in [4.69, 9.17) is 14.2 Å². The number of aromatic nitrogens is 1. The van der Waals surface area contributed by atoms with Gasteiger partial charge in [-0.3, -0.25) is 4.98 Å². The van der Waals surface area contributed by atoms with Crippen LogP contribution in [0.2, 0.25) is 0 Å². The van der Waals surface area contributed by atoms with Crippen molar-refractivity contribution >= 4 is 23.1 Å².